The van der Waals surface area contributed by atoms with Crippen molar-refractivity contribution in [1.82, 2.24) is 9.88 Å². The number of amides is 1. The second-order valence-corrected chi connectivity index (χ2v) is 15.2. The van der Waals surface area contributed by atoms with Crippen molar-refractivity contribution in [2.45, 2.75) is 31.9 Å². The molecule has 0 N–H and O–H groups in total. The van der Waals surface area contributed by atoms with Crippen LogP contribution in [0, 0.1) is 23.0 Å². The molecule has 3 unspecified atom stereocenters. The second kappa shape index (κ2) is 16.1. The van der Waals surface area contributed by atoms with Crippen LogP contribution < -0.4 is 15.9 Å². The van der Waals surface area contributed by atoms with E-state index in [4.69, 9.17) is 26.5 Å². The summed E-state index contributed by atoms with van der Waals surface area (Å²) in [5.41, 5.74) is 0.668. The Balaban J connectivity index is 0.00000504. The van der Waals surface area contributed by atoms with Crippen LogP contribution in [0.25, 0.3) is 0 Å². The number of ether oxygens (including phenoxy) is 2. The number of nitro groups is 1. The van der Waals surface area contributed by atoms with Crippen molar-refractivity contribution in [2.24, 2.45) is 5.92 Å². The van der Waals surface area contributed by atoms with E-state index >= 15 is 0 Å². The fourth-order valence-electron chi connectivity index (χ4n) is 6.09. The van der Waals surface area contributed by atoms with Crippen LogP contribution in [0.2, 0.25) is 0 Å². The molecule has 1 aromatic heterocycles. The van der Waals surface area contributed by atoms with Gasteiger partial charge in [-0.2, -0.15) is 0 Å². The predicted molar refractivity (Wildman–Crippen MR) is 190 cm³/mol. The van der Waals surface area contributed by atoms with Gasteiger partial charge in [-0.25, -0.2) is 9.78 Å². The van der Waals surface area contributed by atoms with Gasteiger partial charge in [0.2, 0.25) is 5.91 Å². The molecule has 0 bridgehead atoms. The molecule has 264 valence electrons. The van der Waals surface area contributed by atoms with Crippen LogP contribution in [0.3, 0.4) is 0 Å². The number of carbonyl (C=O) groups excluding carboxylic acids is 3. The Bertz CT molecular complexity index is 1990. The number of aryl methyl sites for hydroxylation is 1. The molecule has 1 amide bonds. The average Bonchev–Trinajstić information content (AvgIpc) is 3.57. The van der Waals surface area contributed by atoms with Gasteiger partial charge in [-0.1, -0.05) is 96.4 Å². The van der Waals surface area contributed by atoms with Gasteiger partial charge in [0.15, 0.2) is 12.0 Å². The zero-order valence-corrected chi connectivity index (χ0v) is 30.4. The van der Waals surface area contributed by atoms with Crippen LogP contribution in [0.1, 0.15) is 30.2 Å². The number of benzene rings is 4. The first-order valence-corrected chi connectivity index (χ1v) is 17.8. The van der Waals surface area contributed by atoms with E-state index in [0.717, 1.165) is 15.9 Å². The first-order valence-electron chi connectivity index (χ1n) is 15.5. The molecule has 0 aliphatic carbocycles. The van der Waals surface area contributed by atoms with E-state index in [1.165, 1.54) is 42.4 Å². The van der Waals surface area contributed by atoms with E-state index in [9.17, 15) is 24.5 Å². The average molecular weight is 817 g/mol. The minimum Gasteiger partial charge on any atom is -0.767 e. The Morgan fingerprint density at radius 2 is 1.43 bits per heavy atom. The monoisotopic (exact) mass is 815 g/mol. The number of esters is 2. The fourth-order valence-corrected chi connectivity index (χ4v) is 11.0. The van der Waals surface area contributed by atoms with Gasteiger partial charge >= 0.3 is 34.3 Å². The molecule has 0 radical (unpaired) electrons. The Morgan fingerprint density at radius 3 is 1.84 bits per heavy atom. The molecule has 2 heterocycles. The zero-order chi connectivity index (χ0) is 35.4. The summed E-state index contributed by atoms with van der Waals surface area (Å²) in [6, 6.07) is 33.9. The van der Waals surface area contributed by atoms with Crippen LogP contribution in [-0.4, -0.2) is 43.4 Å². The van der Waals surface area contributed by atoms with Crippen molar-refractivity contribution in [3.05, 3.63) is 149 Å². The largest absolute Gasteiger partial charge is 1.00 e. The van der Waals surface area contributed by atoms with E-state index in [-0.39, 0.29) is 45.8 Å². The van der Waals surface area contributed by atoms with Crippen LogP contribution >= 0.6 is 6.89 Å². The van der Waals surface area contributed by atoms with Gasteiger partial charge in [0.25, 0.3) is 5.69 Å². The SMILES string of the molecule is CC(=O)OC(c1coc(C)n1)C1C(=O)N(C(C(=O)OCc2ccc([N+](=O)[O-])cc2)=P(c2ccccc2)(c2ccccc2)c2ccccc2)C1[S-].[Ag+]. The molecule has 3 atom stereocenters. The molecular formula is C37H31AgN3O8PS. The Kier molecular flexibility index (Phi) is 11.9. The van der Waals surface area contributed by atoms with Crippen LogP contribution in [0.4, 0.5) is 5.69 Å². The molecule has 0 saturated carbocycles. The van der Waals surface area contributed by atoms with E-state index in [2.05, 4.69) is 4.98 Å². The molecule has 6 rings (SSSR count). The van der Waals surface area contributed by atoms with Crippen molar-refractivity contribution < 1.29 is 55.6 Å². The predicted octanol–water partition coefficient (Wildman–Crippen LogP) is 4.69. The number of nitrogens with zero attached hydrogens (tertiary/aromatic N) is 3. The topological polar surface area (TPSA) is 142 Å². The normalized spacial score (nSPS) is 15.9. The first-order chi connectivity index (χ1) is 24.1. The first kappa shape index (κ1) is 37.5. The third-order valence-corrected chi connectivity index (χ3v) is 13.1. The number of oxazole rings is 1. The van der Waals surface area contributed by atoms with E-state index < -0.39 is 47.1 Å². The van der Waals surface area contributed by atoms with Crippen molar-refractivity contribution in [3.8, 4) is 0 Å². The zero-order valence-electron chi connectivity index (χ0n) is 27.3. The quantitative estimate of drug-likeness (QED) is 0.0351. The smallest absolute Gasteiger partial charge is 0.767 e. The summed E-state index contributed by atoms with van der Waals surface area (Å²) >= 11 is 6.03. The number of hydrogen-bond donors (Lipinski definition) is 0. The third-order valence-electron chi connectivity index (χ3n) is 8.31. The maximum absolute atomic E-state index is 14.8. The van der Waals surface area contributed by atoms with Crippen LogP contribution in [0.15, 0.2) is 126 Å². The Morgan fingerprint density at radius 1 is 0.922 bits per heavy atom. The number of hydrogen-bond acceptors (Lipinski definition) is 10. The number of carbonyl (C=O) groups is 3. The van der Waals surface area contributed by atoms with Crippen molar-refractivity contribution in [2.75, 3.05) is 0 Å². The molecule has 1 saturated heterocycles. The summed E-state index contributed by atoms with van der Waals surface area (Å²) in [7, 11) is 0. The summed E-state index contributed by atoms with van der Waals surface area (Å²) < 4.78 is 17.0. The van der Waals surface area contributed by atoms with Gasteiger partial charge in [-0.05, 0) is 33.6 Å². The van der Waals surface area contributed by atoms with Crippen molar-refractivity contribution in [1.29, 1.82) is 0 Å². The van der Waals surface area contributed by atoms with Crippen LogP contribution in [0.5, 0.6) is 0 Å². The molecule has 1 aliphatic rings. The third kappa shape index (κ3) is 7.37. The van der Waals surface area contributed by atoms with Gasteiger partial charge in [0.1, 0.15) is 24.0 Å². The van der Waals surface area contributed by atoms with E-state index in [1.807, 2.05) is 91.0 Å². The summed E-state index contributed by atoms with van der Waals surface area (Å²) in [5, 5.41) is 12.4. The minimum absolute atomic E-state index is 0. The maximum atomic E-state index is 14.8. The molecular weight excluding hydrogens is 785 g/mol. The molecule has 1 aliphatic heterocycles. The molecule has 14 heteroatoms. The van der Waals surface area contributed by atoms with E-state index in [0.29, 0.717) is 11.5 Å². The molecule has 4 aromatic carbocycles. The van der Waals surface area contributed by atoms with Crippen molar-refractivity contribution in [3.63, 3.8) is 0 Å². The second-order valence-electron chi connectivity index (χ2n) is 11.4. The number of aromatic nitrogens is 1. The molecule has 1 fully saturated rings. The standard InChI is InChI=1S/C37H32N3O8PS.Ag/c1-24-38-31(23-46-24)33(48-25(2)41)32-34(42)39(36(32)50)35(37(43)47-22-26-18-20-27(21-19-26)40(44)45)49(28-12-6-3-7-13-28,29-14-8-4-9-15-29)30-16-10-5-11-17-30;/h3-21,23,32-33,36,50H,22H2,1-2H3;/q;+1/p-1. The summed E-state index contributed by atoms with van der Waals surface area (Å²) in [4.78, 5) is 58.0. The van der Waals surface area contributed by atoms with Crippen LogP contribution in [-0.2, 0) is 65.5 Å². The maximum Gasteiger partial charge on any atom is 1.00 e. The minimum atomic E-state index is -3.26. The number of non-ortho nitro benzene ring substituents is 1. The molecule has 11 nitrogen and oxygen atoms in total. The van der Waals surface area contributed by atoms with Gasteiger partial charge in [-0.15, -0.1) is 0 Å². The summed E-state index contributed by atoms with van der Waals surface area (Å²) in [5.74, 6) is -2.75. The molecule has 51 heavy (non-hydrogen) atoms. The van der Waals surface area contributed by atoms with Crippen molar-refractivity contribution >= 4 is 64.4 Å². The van der Waals surface area contributed by atoms with Gasteiger partial charge in [0.05, 0.1) is 10.8 Å². The Labute approximate surface area is 315 Å². The number of nitro benzene ring substituents is 1. The summed E-state index contributed by atoms with van der Waals surface area (Å²) in [6.07, 6.45) is 0.158. The van der Waals surface area contributed by atoms with Gasteiger partial charge < -0.3 is 31.4 Å². The number of β-lactam (4-membered cyclic amide) rings is 1. The summed E-state index contributed by atoms with van der Waals surface area (Å²) in [6.45, 7) is -0.646. The number of likely N-dealkylation sites (tertiary alicyclic amines) is 1. The Hall–Kier alpha value is -4.71. The number of rotatable bonds is 11. The fraction of sp³-hybridized carbons (Fsp3) is 0.162. The van der Waals surface area contributed by atoms with Gasteiger partial charge in [-0.3, -0.25) is 19.7 Å². The molecule has 5 aromatic rings. The molecule has 0 spiro atoms. The van der Waals surface area contributed by atoms with E-state index in [1.54, 1.807) is 6.92 Å². The van der Waals surface area contributed by atoms with Gasteiger partial charge in [0, 0.05) is 32.9 Å².